The van der Waals surface area contributed by atoms with Gasteiger partial charge in [0.1, 0.15) is 0 Å². The Hall–Kier alpha value is -2.46. The fourth-order valence-electron chi connectivity index (χ4n) is 2.36. The van der Waals surface area contributed by atoms with E-state index in [9.17, 15) is 0 Å². The molecule has 0 aliphatic rings. The maximum Gasteiger partial charge on any atom is 0.211 e. The lowest BCUT2D eigenvalue weighted by atomic mass is 10.1. The minimum Gasteiger partial charge on any atom is -0.218 e. The summed E-state index contributed by atoms with van der Waals surface area (Å²) in [4.78, 5) is 4.63. The van der Waals surface area contributed by atoms with Gasteiger partial charge in [-0.05, 0) is 24.6 Å². The largest absolute Gasteiger partial charge is 0.218 e. The highest BCUT2D eigenvalue weighted by Gasteiger charge is 2.08. The number of nitrogens with zero attached hydrogens (tertiary/aromatic N) is 3. The molecule has 0 saturated carbocycles. The number of rotatable bonds is 2. The van der Waals surface area contributed by atoms with Crippen LogP contribution in [0, 0.1) is 6.92 Å². The van der Waals surface area contributed by atoms with Crippen LogP contribution in [0.25, 0.3) is 26.5 Å². The number of para-hydroxylation sites is 1. The number of aryl methyl sites for hydroxylation is 1. The van der Waals surface area contributed by atoms with Crippen molar-refractivity contribution in [2.75, 3.05) is 0 Å². The van der Waals surface area contributed by atoms with Crippen LogP contribution in [0.5, 0.6) is 0 Å². The predicted octanol–water partition coefficient (Wildman–Crippen LogP) is 4.46. The van der Waals surface area contributed by atoms with Crippen LogP contribution >= 0.6 is 11.3 Å². The van der Waals surface area contributed by atoms with Gasteiger partial charge in [0.2, 0.25) is 5.13 Å². The summed E-state index contributed by atoms with van der Waals surface area (Å²) in [5, 5.41) is 5.35. The Bertz CT molecular complexity index is 887. The van der Waals surface area contributed by atoms with Crippen molar-refractivity contribution >= 4 is 21.6 Å². The maximum absolute atomic E-state index is 4.63. The summed E-state index contributed by atoms with van der Waals surface area (Å²) in [7, 11) is 0. The zero-order valence-electron chi connectivity index (χ0n) is 11.5. The first-order chi connectivity index (χ1) is 10.3. The molecule has 0 bridgehead atoms. The zero-order chi connectivity index (χ0) is 14.2. The highest BCUT2D eigenvalue weighted by Crippen LogP contribution is 2.26. The molecular weight excluding hydrogens is 278 g/mol. The average Bonchev–Trinajstić information content (AvgIpc) is 3.14. The van der Waals surface area contributed by atoms with Crippen molar-refractivity contribution in [2.45, 2.75) is 6.92 Å². The van der Waals surface area contributed by atoms with E-state index in [1.165, 1.54) is 15.8 Å². The molecule has 2 aromatic carbocycles. The molecule has 2 aromatic heterocycles. The van der Waals surface area contributed by atoms with Gasteiger partial charge in [0.25, 0.3) is 0 Å². The van der Waals surface area contributed by atoms with Crippen molar-refractivity contribution in [1.82, 2.24) is 14.8 Å². The summed E-state index contributed by atoms with van der Waals surface area (Å²) in [5.74, 6) is 0. The molecule has 0 aliphatic heterocycles. The lowest BCUT2D eigenvalue weighted by Crippen LogP contribution is -1.91. The number of hydrogen-bond donors (Lipinski definition) is 0. The van der Waals surface area contributed by atoms with E-state index in [2.05, 4.69) is 47.3 Å². The number of aromatic nitrogens is 3. The lowest BCUT2D eigenvalue weighted by molar-refractivity contribution is 0.873. The standard InChI is InChI=1S/C17H13N3S/c1-12-5-4-6-13(9-12)14-10-18-20(11-14)17-19-15-7-2-3-8-16(15)21-17/h2-11H,1H3. The van der Waals surface area contributed by atoms with Crippen molar-refractivity contribution < 1.29 is 0 Å². The van der Waals surface area contributed by atoms with Gasteiger partial charge in [-0.15, -0.1) is 0 Å². The normalized spacial score (nSPS) is 11.1. The van der Waals surface area contributed by atoms with Crippen LogP contribution in [0.3, 0.4) is 0 Å². The summed E-state index contributed by atoms with van der Waals surface area (Å²) in [5.41, 5.74) is 4.56. The van der Waals surface area contributed by atoms with E-state index in [0.717, 1.165) is 16.2 Å². The van der Waals surface area contributed by atoms with E-state index in [0.29, 0.717) is 0 Å². The second kappa shape index (κ2) is 4.82. The molecule has 2 heterocycles. The molecule has 4 aromatic rings. The Morgan fingerprint density at radius 3 is 2.76 bits per heavy atom. The van der Waals surface area contributed by atoms with Crippen molar-refractivity contribution in [2.24, 2.45) is 0 Å². The highest BCUT2D eigenvalue weighted by atomic mass is 32.1. The number of benzene rings is 2. The van der Waals surface area contributed by atoms with Gasteiger partial charge in [0.05, 0.1) is 16.4 Å². The van der Waals surface area contributed by atoms with Gasteiger partial charge in [0.15, 0.2) is 0 Å². The molecular formula is C17H13N3S. The molecule has 0 aliphatic carbocycles. The Kier molecular flexibility index (Phi) is 2.82. The Labute approximate surface area is 126 Å². The molecule has 0 radical (unpaired) electrons. The SMILES string of the molecule is Cc1cccc(-c2cnn(-c3nc4ccccc4s3)c2)c1. The van der Waals surface area contributed by atoms with E-state index in [1.54, 1.807) is 11.3 Å². The minimum atomic E-state index is 0.898. The van der Waals surface area contributed by atoms with Gasteiger partial charge in [0, 0.05) is 11.8 Å². The van der Waals surface area contributed by atoms with Crippen LogP contribution in [0.2, 0.25) is 0 Å². The van der Waals surface area contributed by atoms with Crippen LogP contribution in [-0.4, -0.2) is 14.8 Å². The summed E-state index contributed by atoms with van der Waals surface area (Å²) in [6.45, 7) is 2.10. The molecule has 102 valence electrons. The van der Waals surface area contributed by atoms with Crippen LogP contribution in [0.1, 0.15) is 5.56 Å². The molecule has 0 N–H and O–H groups in total. The maximum atomic E-state index is 4.63. The van der Waals surface area contributed by atoms with E-state index < -0.39 is 0 Å². The van der Waals surface area contributed by atoms with E-state index in [1.807, 2.05) is 35.3 Å². The summed E-state index contributed by atoms with van der Waals surface area (Å²) >= 11 is 1.65. The van der Waals surface area contributed by atoms with Crippen LogP contribution in [0.4, 0.5) is 0 Å². The Balaban J connectivity index is 1.77. The van der Waals surface area contributed by atoms with Crippen molar-refractivity contribution in [1.29, 1.82) is 0 Å². The predicted molar refractivity (Wildman–Crippen MR) is 86.9 cm³/mol. The average molecular weight is 291 g/mol. The van der Waals surface area contributed by atoms with Crippen LogP contribution in [-0.2, 0) is 0 Å². The molecule has 4 rings (SSSR count). The van der Waals surface area contributed by atoms with Crippen molar-refractivity contribution in [3.63, 3.8) is 0 Å². The fraction of sp³-hybridized carbons (Fsp3) is 0.0588. The van der Waals surface area contributed by atoms with E-state index >= 15 is 0 Å². The van der Waals surface area contributed by atoms with Crippen molar-refractivity contribution in [3.8, 4) is 16.3 Å². The summed E-state index contributed by atoms with van der Waals surface area (Å²) in [6.07, 6.45) is 3.92. The first-order valence-electron chi connectivity index (χ1n) is 6.77. The molecule has 3 nitrogen and oxygen atoms in total. The molecule has 0 atom stereocenters. The van der Waals surface area contributed by atoms with Gasteiger partial charge in [-0.1, -0.05) is 53.3 Å². The fourth-order valence-corrected chi connectivity index (χ4v) is 3.26. The molecule has 0 spiro atoms. The van der Waals surface area contributed by atoms with E-state index in [-0.39, 0.29) is 0 Å². The lowest BCUT2D eigenvalue weighted by Gasteiger charge is -1.98. The van der Waals surface area contributed by atoms with Gasteiger partial charge < -0.3 is 0 Å². The third kappa shape index (κ3) is 2.23. The Morgan fingerprint density at radius 2 is 1.90 bits per heavy atom. The topological polar surface area (TPSA) is 30.7 Å². The number of hydrogen-bond acceptors (Lipinski definition) is 3. The quantitative estimate of drug-likeness (QED) is 0.546. The second-order valence-electron chi connectivity index (χ2n) is 5.01. The molecule has 0 unspecified atom stereocenters. The van der Waals surface area contributed by atoms with Gasteiger partial charge in [-0.3, -0.25) is 0 Å². The molecule has 21 heavy (non-hydrogen) atoms. The smallest absolute Gasteiger partial charge is 0.211 e. The van der Waals surface area contributed by atoms with Crippen LogP contribution in [0.15, 0.2) is 60.9 Å². The van der Waals surface area contributed by atoms with E-state index in [4.69, 9.17) is 0 Å². The minimum absolute atomic E-state index is 0.898. The highest BCUT2D eigenvalue weighted by molar-refractivity contribution is 7.20. The monoisotopic (exact) mass is 291 g/mol. The van der Waals surface area contributed by atoms with Gasteiger partial charge in [-0.25, -0.2) is 9.67 Å². The number of fused-ring (bicyclic) bond motifs is 1. The van der Waals surface area contributed by atoms with Gasteiger partial charge >= 0.3 is 0 Å². The van der Waals surface area contributed by atoms with Gasteiger partial charge in [-0.2, -0.15) is 5.10 Å². The van der Waals surface area contributed by atoms with Crippen molar-refractivity contribution in [3.05, 3.63) is 66.5 Å². The zero-order valence-corrected chi connectivity index (χ0v) is 12.3. The third-order valence-corrected chi connectivity index (χ3v) is 4.44. The summed E-state index contributed by atoms with van der Waals surface area (Å²) < 4.78 is 3.03. The molecule has 0 saturated heterocycles. The molecule has 4 heteroatoms. The molecule has 0 fully saturated rings. The third-order valence-electron chi connectivity index (χ3n) is 3.41. The number of thiazole rings is 1. The Morgan fingerprint density at radius 1 is 1.00 bits per heavy atom. The second-order valence-corrected chi connectivity index (χ2v) is 6.02. The molecule has 0 amide bonds. The van der Waals surface area contributed by atoms with Crippen LogP contribution < -0.4 is 0 Å². The summed E-state index contributed by atoms with van der Waals surface area (Å²) in [6, 6.07) is 16.6. The first-order valence-corrected chi connectivity index (χ1v) is 7.59. The first kappa shape index (κ1) is 12.3.